The maximum absolute atomic E-state index is 12.5. The second kappa shape index (κ2) is 7.35. The van der Waals surface area contributed by atoms with Crippen LogP contribution in [-0.4, -0.2) is 19.9 Å². The Morgan fingerprint density at radius 2 is 2.19 bits per heavy atom. The van der Waals surface area contributed by atoms with Gasteiger partial charge in [-0.3, -0.25) is 4.72 Å². The third-order valence-corrected chi connectivity index (χ3v) is 5.81. The van der Waals surface area contributed by atoms with Gasteiger partial charge in [0.05, 0.1) is 4.47 Å². The van der Waals surface area contributed by atoms with Crippen molar-refractivity contribution in [3.63, 3.8) is 0 Å². The van der Waals surface area contributed by atoms with Crippen LogP contribution in [0.1, 0.15) is 18.2 Å². The monoisotopic (exact) mass is 389 g/mol. The minimum absolute atomic E-state index is 0.288. The number of pyridine rings is 1. The molecular weight excluding hydrogens is 374 g/mol. The molecule has 0 aromatic carbocycles. The molecule has 0 fully saturated rings. The summed E-state index contributed by atoms with van der Waals surface area (Å²) in [6.07, 6.45) is 2.55. The van der Waals surface area contributed by atoms with Crippen LogP contribution in [0.15, 0.2) is 39.1 Å². The topological polar surface area (TPSA) is 71.1 Å². The second-order valence-corrected chi connectivity index (χ2v) is 7.83. The molecule has 21 heavy (non-hydrogen) atoms. The summed E-state index contributed by atoms with van der Waals surface area (Å²) in [6, 6.07) is 5.08. The molecule has 0 saturated carbocycles. The molecule has 8 heteroatoms. The summed E-state index contributed by atoms with van der Waals surface area (Å²) in [6.45, 7) is 3.47. The summed E-state index contributed by atoms with van der Waals surface area (Å²) < 4.78 is 28.1. The van der Waals surface area contributed by atoms with Crippen molar-refractivity contribution in [3.05, 3.63) is 39.1 Å². The van der Waals surface area contributed by atoms with Crippen molar-refractivity contribution in [2.24, 2.45) is 0 Å². The quantitative estimate of drug-likeness (QED) is 0.713. The van der Waals surface area contributed by atoms with Crippen molar-refractivity contribution in [1.29, 1.82) is 0 Å². The Labute approximate surface area is 137 Å². The SMILES string of the molecule is CCCNCc1sccc1S(=O)(=O)Nc1ncccc1Br. The molecule has 0 aliphatic rings. The number of sulfonamides is 1. The predicted molar refractivity (Wildman–Crippen MR) is 89.1 cm³/mol. The van der Waals surface area contributed by atoms with Crippen LogP contribution in [0.4, 0.5) is 5.82 Å². The largest absolute Gasteiger partial charge is 0.312 e. The van der Waals surface area contributed by atoms with Crippen LogP contribution in [0.5, 0.6) is 0 Å². The van der Waals surface area contributed by atoms with E-state index in [2.05, 4.69) is 37.9 Å². The predicted octanol–water partition coefficient (Wildman–Crippen LogP) is 3.21. The third kappa shape index (κ3) is 4.26. The van der Waals surface area contributed by atoms with E-state index in [0.29, 0.717) is 15.9 Å². The van der Waals surface area contributed by atoms with Gasteiger partial charge in [-0.2, -0.15) is 0 Å². The van der Waals surface area contributed by atoms with Crippen molar-refractivity contribution in [2.75, 3.05) is 11.3 Å². The first kappa shape index (κ1) is 16.4. The molecule has 0 bridgehead atoms. The Hall–Kier alpha value is -0.960. The molecule has 2 aromatic heterocycles. The normalized spacial score (nSPS) is 11.5. The van der Waals surface area contributed by atoms with Gasteiger partial charge in [-0.15, -0.1) is 11.3 Å². The smallest absolute Gasteiger partial charge is 0.264 e. The van der Waals surface area contributed by atoms with Gasteiger partial charge in [-0.05, 0) is 52.5 Å². The van der Waals surface area contributed by atoms with Crippen LogP contribution in [0.25, 0.3) is 0 Å². The van der Waals surface area contributed by atoms with E-state index >= 15 is 0 Å². The van der Waals surface area contributed by atoms with E-state index in [1.54, 1.807) is 29.8 Å². The van der Waals surface area contributed by atoms with Crippen molar-refractivity contribution in [3.8, 4) is 0 Å². The standard InChI is InChI=1S/C13H16BrN3O2S2/c1-2-6-15-9-11-12(5-8-20-11)21(18,19)17-13-10(14)4-3-7-16-13/h3-5,7-8,15H,2,6,9H2,1H3,(H,16,17). The van der Waals surface area contributed by atoms with E-state index in [1.165, 1.54) is 11.3 Å². The molecule has 2 heterocycles. The molecule has 0 spiro atoms. The molecule has 2 N–H and O–H groups in total. The summed E-state index contributed by atoms with van der Waals surface area (Å²) >= 11 is 4.71. The second-order valence-electron chi connectivity index (χ2n) is 4.32. The first-order chi connectivity index (χ1) is 10.0. The molecule has 5 nitrogen and oxygen atoms in total. The summed E-state index contributed by atoms with van der Waals surface area (Å²) in [7, 11) is -3.63. The van der Waals surface area contributed by atoms with Crippen LogP contribution in [0, 0.1) is 0 Å². The molecule has 0 atom stereocenters. The fourth-order valence-electron chi connectivity index (χ4n) is 1.72. The first-order valence-corrected chi connectivity index (χ1v) is 9.60. The van der Waals surface area contributed by atoms with Gasteiger partial charge in [0, 0.05) is 17.6 Å². The van der Waals surface area contributed by atoms with Crippen molar-refractivity contribution in [2.45, 2.75) is 24.8 Å². The van der Waals surface area contributed by atoms with Crippen molar-refractivity contribution < 1.29 is 8.42 Å². The molecule has 0 aliphatic carbocycles. The number of aromatic nitrogens is 1. The number of thiophene rings is 1. The lowest BCUT2D eigenvalue weighted by molar-refractivity contribution is 0.598. The van der Waals surface area contributed by atoms with E-state index in [1.807, 2.05) is 0 Å². The zero-order valence-electron chi connectivity index (χ0n) is 11.5. The number of nitrogens with one attached hydrogen (secondary N) is 2. The minimum Gasteiger partial charge on any atom is -0.312 e. The summed E-state index contributed by atoms with van der Waals surface area (Å²) in [5.74, 6) is 0.288. The van der Waals surface area contributed by atoms with Crippen LogP contribution in [0.2, 0.25) is 0 Å². The Kier molecular flexibility index (Phi) is 5.74. The van der Waals surface area contributed by atoms with Gasteiger partial charge < -0.3 is 5.32 Å². The number of hydrogen-bond donors (Lipinski definition) is 2. The fourth-order valence-corrected chi connectivity index (χ4v) is 4.65. The molecule has 0 amide bonds. The molecule has 0 unspecified atom stereocenters. The average molecular weight is 390 g/mol. The molecule has 2 aromatic rings. The van der Waals surface area contributed by atoms with E-state index in [4.69, 9.17) is 0 Å². The molecule has 2 rings (SSSR count). The number of halogens is 1. The maximum Gasteiger partial charge on any atom is 0.264 e. The first-order valence-electron chi connectivity index (χ1n) is 6.45. The van der Waals surface area contributed by atoms with Crippen molar-refractivity contribution in [1.82, 2.24) is 10.3 Å². The highest BCUT2D eigenvalue weighted by atomic mass is 79.9. The third-order valence-electron chi connectivity index (χ3n) is 2.70. The molecule has 0 aliphatic heterocycles. The van der Waals surface area contributed by atoms with Crippen LogP contribution < -0.4 is 10.0 Å². The highest BCUT2D eigenvalue weighted by Gasteiger charge is 2.21. The zero-order chi connectivity index (χ0) is 15.3. The summed E-state index contributed by atoms with van der Waals surface area (Å²) in [5, 5.41) is 5.00. The van der Waals surface area contributed by atoms with Crippen molar-refractivity contribution >= 4 is 43.1 Å². The Morgan fingerprint density at radius 3 is 2.90 bits per heavy atom. The fraction of sp³-hybridized carbons (Fsp3) is 0.308. The van der Waals surface area contributed by atoms with Gasteiger partial charge in [0.1, 0.15) is 4.90 Å². The summed E-state index contributed by atoms with van der Waals surface area (Å²) in [5.41, 5.74) is 0. The lowest BCUT2D eigenvalue weighted by Gasteiger charge is -2.09. The average Bonchev–Trinajstić information content (AvgIpc) is 2.91. The maximum atomic E-state index is 12.5. The van der Waals surface area contributed by atoms with Crippen LogP contribution >= 0.6 is 27.3 Å². The van der Waals surface area contributed by atoms with Gasteiger partial charge in [-0.1, -0.05) is 6.92 Å². The minimum atomic E-state index is -3.63. The van der Waals surface area contributed by atoms with Gasteiger partial charge >= 0.3 is 0 Å². The lowest BCUT2D eigenvalue weighted by atomic mass is 10.4. The zero-order valence-corrected chi connectivity index (χ0v) is 14.7. The number of rotatable bonds is 7. The molecule has 0 saturated heterocycles. The highest BCUT2D eigenvalue weighted by molar-refractivity contribution is 9.10. The Morgan fingerprint density at radius 1 is 1.38 bits per heavy atom. The molecule has 0 radical (unpaired) electrons. The Bertz CT molecular complexity index is 701. The summed E-state index contributed by atoms with van der Waals surface area (Å²) in [4.78, 5) is 5.12. The number of nitrogens with zero attached hydrogens (tertiary/aromatic N) is 1. The number of anilines is 1. The van der Waals surface area contributed by atoms with Gasteiger partial charge in [0.2, 0.25) is 0 Å². The molecule has 114 valence electrons. The van der Waals surface area contributed by atoms with Gasteiger partial charge in [0.25, 0.3) is 10.0 Å². The van der Waals surface area contributed by atoms with E-state index in [0.717, 1.165) is 17.8 Å². The Balaban J connectivity index is 2.20. The molecular formula is C13H16BrN3O2S2. The van der Waals surface area contributed by atoms with Crippen LogP contribution in [-0.2, 0) is 16.6 Å². The van der Waals surface area contributed by atoms with Crippen LogP contribution in [0.3, 0.4) is 0 Å². The van der Waals surface area contributed by atoms with Gasteiger partial charge in [-0.25, -0.2) is 13.4 Å². The van der Waals surface area contributed by atoms with Gasteiger partial charge in [0.15, 0.2) is 5.82 Å². The highest BCUT2D eigenvalue weighted by Crippen LogP contribution is 2.26. The van der Waals surface area contributed by atoms with E-state index in [-0.39, 0.29) is 5.82 Å². The van der Waals surface area contributed by atoms with E-state index in [9.17, 15) is 8.42 Å². The van der Waals surface area contributed by atoms with E-state index < -0.39 is 10.0 Å². The lowest BCUT2D eigenvalue weighted by Crippen LogP contribution is -2.18. The number of hydrogen-bond acceptors (Lipinski definition) is 5.